The van der Waals surface area contributed by atoms with E-state index in [4.69, 9.17) is 11.6 Å². The van der Waals surface area contributed by atoms with Crippen LogP contribution >= 0.6 is 11.6 Å². The Labute approximate surface area is 126 Å². The first kappa shape index (κ1) is 15.0. The van der Waals surface area contributed by atoms with Crippen molar-refractivity contribution in [3.63, 3.8) is 0 Å². The maximum Gasteiger partial charge on any atom is 0.228 e. The highest BCUT2D eigenvalue weighted by Gasteiger charge is 2.27. The van der Waals surface area contributed by atoms with Gasteiger partial charge in [-0.2, -0.15) is 0 Å². The Bertz CT molecular complexity index is 718. The quantitative estimate of drug-likeness (QED) is 0.851. The fourth-order valence-corrected chi connectivity index (χ4v) is 2.23. The van der Waals surface area contributed by atoms with Gasteiger partial charge >= 0.3 is 0 Å². The molecule has 0 aromatic heterocycles. The van der Waals surface area contributed by atoms with E-state index in [2.05, 4.69) is 0 Å². The monoisotopic (exact) mass is 305 g/mol. The minimum atomic E-state index is -0.469. The topological polar surface area (TPSA) is 74.7 Å². The van der Waals surface area contributed by atoms with Crippen LogP contribution < -0.4 is 4.90 Å². The first-order valence-electron chi connectivity index (χ1n) is 6.09. The molecule has 0 aliphatic heterocycles. The second-order valence-corrected chi connectivity index (χ2v) is 4.98. The average Bonchev–Trinajstić information content (AvgIpc) is 2.38. The lowest BCUT2D eigenvalue weighted by Gasteiger charge is -2.25. The summed E-state index contributed by atoms with van der Waals surface area (Å²) in [4.78, 5) is 36.8. The predicted molar refractivity (Wildman–Crippen MR) is 78.1 cm³/mol. The van der Waals surface area contributed by atoms with E-state index < -0.39 is 11.7 Å². The van der Waals surface area contributed by atoms with Crippen molar-refractivity contribution < 1.29 is 19.5 Å². The standard InChI is InChI=1S/C15H12ClNO4/c1-8-5-15(21)13(7-14(8)20)17(9(2)18)12-4-3-10(19)6-11(12)16/h3-7,19H,1-2H3. The highest BCUT2D eigenvalue weighted by molar-refractivity contribution is 6.34. The van der Waals surface area contributed by atoms with Crippen molar-refractivity contribution in [2.75, 3.05) is 4.90 Å². The van der Waals surface area contributed by atoms with Gasteiger partial charge in [0.2, 0.25) is 11.7 Å². The first-order valence-corrected chi connectivity index (χ1v) is 6.47. The Balaban J connectivity index is 2.55. The summed E-state index contributed by atoms with van der Waals surface area (Å²) in [5, 5.41) is 9.46. The third-order valence-corrected chi connectivity index (χ3v) is 3.29. The third kappa shape index (κ3) is 2.87. The summed E-state index contributed by atoms with van der Waals surface area (Å²) in [6.45, 7) is 2.78. The van der Waals surface area contributed by atoms with Crippen LogP contribution in [0.2, 0.25) is 5.02 Å². The molecule has 6 heteroatoms. The summed E-state index contributed by atoms with van der Waals surface area (Å²) >= 11 is 6.01. The summed E-state index contributed by atoms with van der Waals surface area (Å²) in [6, 6.07) is 4.00. The number of hydrogen-bond acceptors (Lipinski definition) is 4. The first-order chi connectivity index (χ1) is 9.81. The maximum absolute atomic E-state index is 12.1. The van der Waals surface area contributed by atoms with Crippen LogP contribution in [-0.4, -0.2) is 22.6 Å². The number of amides is 1. The molecule has 0 radical (unpaired) electrons. The highest BCUT2D eigenvalue weighted by atomic mass is 35.5. The number of anilines is 1. The molecule has 1 N–H and O–H groups in total. The molecule has 0 fully saturated rings. The molecule has 0 saturated heterocycles. The van der Waals surface area contributed by atoms with Crippen LogP contribution in [0, 0.1) is 0 Å². The van der Waals surface area contributed by atoms with Gasteiger partial charge in [-0.3, -0.25) is 19.3 Å². The molecule has 1 aliphatic rings. The largest absolute Gasteiger partial charge is 0.508 e. The van der Waals surface area contributed by atoms with E-state index >= 15 is 0 Å². The Kier molecular flexibility index (Phi) is 3.95. The normalized spacial score (nSPS) is 14.6. The number of carbonyl (C=O) groups is 3. The zero-order chi connectivity index (χ0) is 15.7. The number of allylic oxidation sites excluding steroid dienone is 3. The number of nitrogens with zero attached hydrogens (tertiary/aromatic N) is 1. The van der Waals surface area contributed by atoms with Crippen molar-refractivity contribution in [1.82, 2.24) is 0 Å². The number of ketones is 2. The van der Waals surface area contributed by atoms with Crippen LogP contribution in [0.25, 0.3) is 0 Å². The van der Waals surface area contributed by atoms with Gasteiger partial charge in [0.1, 0.15) is 11.4 Å². The van der Waals surface area contributed by atoms with Crippen molar-refractivity contribution in [1.29, 1.82) is 0 Å². The third-order valence-electron chi connectivity index (χ3n) is 2.98. The number of phenolic OH excluding ortho intramolecular Hbond substituents is 1. The molecule has 0 bridgehead atoms. The number of benzene rings is 1. The summed E-state index contributed by atoms with van der Waals surface area (Å²) in [7, 11) is 0. The number of rotatable bonds is 2. The van der Waals surface area contributed by atoms with Gasteiger partial charge in [0.25, 0.3) is 0 Å². The minimum Gasteiger partial charge on any atom is -0.508 e. The van der Waals surface area contributed by atoms with Gasteiger partial charge in [-0.05, 0) is 25.1 Å². The van der Waals surface area contributed by atoms with Crippen LogP contribution in [0.4, 0.5) is 5.69 Å². The summed E-state index contributed by atoms with van der Waals surface area (Å²) in [5.74, 6) is -1.33. The van der Waals surface area contributed by atoms with E-state index in [9.17, 15) is 19.5 Å². The highest BCUT2D eigenvalue weighted by Crippen LogP contribution is 2.32. The van der Waals surface area contributed by atoms with Crippen molar-refractivity contribution in [3.05, 3.63) is 46.6 Å². The molecule has 1 aliphatic carbocycles. The number of aromatic hydroxyl groups is 1. The zero-order valence-electron chi connectivity index (χ0n) is 11.4. The molecule has 21 heavy (non-hydrogen) atoms. The maximum atomic E-state index is 12.1. The molecule has 0 atom stereocenters. The second kappa shape index (κ2) is 5.54. The van der Waals surface area contributed by atoms with E-state index in [0.29, 0.717) is 5.57 Å². The Morgan fingerprint density at radius 3 is 2.43 bits per heavy atom. The lowest BCUT2D eigenvalue weighted by molar-refractivity contribution is -0.118. The van der Waals surface area contributed by atoms with Gasteiger partial charge < -0.3 is 5.11 Å². The fraction of sp³-hybridized carbons (Fsp3) is 0.133. The Morgan fingerprint density at radius 1 is 1.19 bits per heavy atom. The molecular weight excluding hydrogens is 294 g/mol. The number of phenols is 1. The smallest absolute Gasteiger partial charge is 0.228 e. The van der Waals surface area contributed by atoms with Gasteiger partial charge in [-0.25, -0.2) is 0 Å². The SMILES string of the molecule is CC(=O)N(C1=CC(=O)C(C)=CC1=O)c1ccc(O)cc1Cl. The molecule has 5 nitrogen and oxygen atoms in total. The fourth-order valence-electron chi connectivity index (χ4n) is 1.97. The molecule has 0 unspecified atom stereocenters. The van der Waals surface area contributed by atoms with E-state index in [1.165, 1.54) is 38.1 Å². The van der Waals surface area contributed by atoms with Crippen molar-refractivity contribution >= 4 is 34.8 Å². The minimum absolute atomic E-state index is 0.0642. The molecule has 1 aromatic carbocycles. The summed E-state index contributed by atoms with van der Waals surface area (Å²) in [5.41, 5.74) is 0.470. The summed E-state index contributed by atoms with van der Waals surface area (Å²) in [6.07, 6.45) is 2.30. The molecular formula is C15H12ClNO4. The van der Waals surface area contributed by atoms with Gasteiger partial charge in [-0.1, -0.05) is 11.6 Å². The molecule has 1 aromatic rings. The molecule has 0 saturated carbocycles. The Hall–Kier alpha value is -2.40. The van der Waals surface area contributed by atoms with Crippen molar-refractivity contribution in [3.8, 4) is 5.75 Å². The molecule has 1 amide bonds. The van der Waals surface area contributed by atoms with Crippen LogP contribution in [0.5, 0.6) is 5.75 Å². The van der Waals surface area contributed by atoms with Crippen LogP contribution in [0.3, 0.4) is 0 Å². The van der Waals surface area contributed by atoms with Crippen molar-refractivity contribution in [2.45, 2.75) is 13.8 Å². The molecule has 2 rings (SSSR count). The van der Waals surface area contributed by atoms with Gasteiger partial charge in [0.15, 0.2) is 5.78 Å². The molecule has 108 valence electrons. The lowest BCUT2D eigenvalue weighted by Crippen LogP contribution is -2.33. The molecule has 0 spiro atoms. The zero-order valence-corrected chi connectivity index (χ0v) is 12.1. The second-order valence-electron chi connectivity index (χ2n) is 4.58. The van der Waals surface area contributed by atoms with Gasteiger partial charge in [0.05, 0.1) is 10.7 Å². The lowest BCUT2D eigenvalue weighted by atomic mass is 10.0. The van der Waals surface area contributed by atoms with E-state index in [0.717, 1.165) is 11.0 Å². The van der Waals surface area contributed by atoms with Crippen LogP contribution in [0.15, 0.2) is 41.6 Å². The van der Waals surface area contributed by atoms with Gasteiger partial charge in [-0.15, -0.1) is 0 Å². The van der Waals surface area contributed by atoms with Crippen molar-refractivity contribution in [2.24, 2.45) is 0 Å². The van der Waals surface area contributed by atoms with Gasteiger partial charge in [0, 0.05) is 24.6 Å². The predicted octanol–water partition coefficient (Wildman–Crippen LogP) is 2.38. The number of hydrogen-bond donors (Lipinski definition) is 1. The summed E-state index contributed by atoms with van der Waals surface area (Å²) < 4.78 is 0. The van der Waals surface area contributed by atoms with Crippen LogP contribution in [-0.2, 0) is 14.4 Å². The number of halogens is 1. The van der Waals surface area contributed by atoms with E-state index in [-0.39, 0.29) is 27.9 Å². The number of carbonyl (C=O) groups excluding carboxylic acids is 3. The van der Waals surface area contributed by atoms with Crippen LogP contribution in [0.1, 0.15) is 13.8 Å². The average molecular weight is 306 g/mol. The Morgan fingerprint density at radius 2 is 1.86 bits per heavy atom. The van der Waals surface area contributed by atoms with E-state index in [1.54, 1.807) is 0 Å². The van der Waals surface area contributed by atoms with E-state index in [1.807, 2.05) is 0 Å². The molecule has 0 heterocycles.